The first-order valence-corrected chi connectivity index (χ1v) is 15.6. The number of nitrogens with one attached hydrogen (secondary N) is 2. The number of benzene rings is 2. The SMILES string of the molecule is COc1cc(CNC(=O)CCCC/C=C/C(C)C)ccc1O.COc1cc(CNC(=O)CCCC/C=C/C(C)C)ccc1O. The molecule has 2 amide bonds. The fourth-order valence-corrected chi connectivity index (χ4v) is 4.07. The highest BCUT2D eigenvalue weighted by Crippen LogP contribution is 2.27. The fourth-order valence-electron chi connectivity index (χ4n) is 4.07. The first kappa shape index (κ1) is 38.1. The van der Waals surface area contributed by atoms with Crippen LogP contribution in [0.15, 0.2) is 60.7 Å². The predicted molar refractivity (Wildman–Crippen MR) is 178 cm³/mol. The van der Waals surface area contributed by atoms with Crippen molar-refractivity contribution in [1.29, 1.82) is 0 Å². The molecule has 8 nitrogen and oxygen atoms in total. The van der Waals surface area contributed by atoms with Gasteiger partial charge in [-0.2, -0.15) is 0 Å². The van der Waals surface area contributed by atoms with Crippen molar-refractivity contribution in [3.63, 3.8) is 0 Å². The van der Waals surface area contributed by atoms with Gasteiger partial charge < -0.3 is 30.3 Å². The lowest BCUT2D eigenvalue weighted by atomic mass is 10.1. The molecule has 0 fully saturated rings. The number of allylic oxidation sites excluding steroid dienone is 4. The van der Waals surface area contributed by atoms with E-state index < -0.39 is 0 Å². The maximum atomic E-state index is 11.8. The molecule has 2 aromatic carbocycles. The lowest BCUT2D eigenvalue weighted by Gasteiger charge is -2.08. The van der Waals surface area contributed by atoms with Gasteiger partial charge in [0.1, 0.15) is 0 Å². The van der Waals surface area contributed by atoms with Crippen molar-refractivity contribution in [1.82, 2.24) is 10.6 Å². The summed E-state index contributed by atoms with van der Waals surface area (Å²) in [6, 6.07) is 10.1. The zero-order valence-corrected chi connectivity index (χ0v) is 27.5. The van der Waals surface area contributed by atoms with Crippen LogP contribution in [0.1, 0.15) is 90.2 Å². The number of unbranched alkanes of at least 4 members (excludes halogenated alkanes) is 4. The smallest absolute Gasteiger partial charge is 0.220 e. The molecule has 0 spiro atoms. The Morgan fingerprint density at radius 2 is 1.07 bits per heavy atom. The van der Waals surface area contributed by atoms with Crippen molar-refractivity contribution in [3.05, 3.63) is 71.8 Å². The van der Waals surface area contributed by atoms with E-state index >= 15 is 0 Å². The minimum Gasteiger partial charge on any atom is -0.504 e. The van der Waals surface area contributed by atoms with Gasteiger partial charge in [-0.1, -0.05) is 64.1 Å². The van der Waals surface area contributed by atoms with Gasteiger partial charge in [-0.05, 0) is 85.8 Å². The molecule has 8 heteroatoms. The minimum atomic E-state index is 0.0554. The topological polar surface area (TPSA) is 117 Å². The summed E-state index contributed by atoms with van der Waals surface area (Å²) in [7, 11) is 3.01. The summed E-state index contributed by atoms with van der Waals surface area (Å²) >= 11 is 0. The van der Waals surface area contributed by atoms with Gasteiger partial charge in [-0.25, -0.2) is 0 Å². The molecule has 0 aliphatic heterocycles. The number of hydrogen-bond acceptors (Lipinski definition) is 6. The van der Waals surface area contributed by atoms with Crippen molar-refractivity contribution >= 4 is 11.8 Å². The van der Waals surface area contributed by atoms with Gasteiger partial charge in [0.2, 0.25) is 11.8 Å². The highest BCUT2D eigenvalue weighted by atomic mass is 16.5. The minimum absolute atomic E-state index is 0.0554. The van der Waals surface area contributed by atoms with Crippen LogP contribution in [-0.4, -0.2) is 36.2 Å². The van der Waals surface area contributed by atoms with Gasteiger partial charge in [-0.3, -0.25) is 9.59 Å². The Bertz CT molecular complexity index is 1080. The summed E-state index contributed by atoms with van der Waals surface area (Å²) in [5.41, 5.74) is 1.81. The van der Waals surface area contributed by atoms with E-state index in [9.17, 15) is 19.8 Å². The first-order valence-electron chi connectivity index (χ1n) is 15.6. The molecule has 0 heterocycles. The summed E-state index contributed by atoms with van der Waals surface area (Å²) in [4.78, 5) is 23.5. The molecule has 0 saturated carbocycles. The van der Waals surface area contributed by atoms with Gasteiger partial charge in [0, 0.05) is 25.9 Å². The molecule has 0 unspecified atom stereocenters. The number of ether oxygens (including phenoxy) is 2. The molecule has 2 rings (SSSR count). The van der Waals surface area contributed by atoms with Crippen LogP contribution < -0.4 is 20.1 Å². The van der Waals surface area contributed by atoms with Crippen LogP contribution in [0.25, 0.3) is 0 Å². The fraction of sp³-hybridized carbons (Fsp3) is 0.500. The highest BCUT2D eigenvalue weighted by molar-refractivity contribution is 5.76. The van der Waals surface area contributed by atoms with Crippen LogP contribution in [0, 0.1) is 11.8 Å². The summed E-state index contributed by atoms with van der Waals surface area (Å²) in [5.74, 6) is 2.34. The Labute approximate surface area is 264 Å². The predicted octanol–water partition coefficient (Wildman–Crippen LogP) is 7.58. The molecule has 0 saturated heterocycles. The molecule has 0 aliphatic rings. The second-order valence-corrected chi connectivity index (χ2v) is 11.4. The second kappa shape index (κ2) is 22.6. The normalized spacial score (nSPS) is 11.1. The molecule has 0 radical (unpaired) electrons. The summed E-state index contributed by atoms with van der Waals surface area (Å²) < 4.78 is 10.1. The van der Waals surface area contributed by atoms with E-state index in [1.165, 1.54) is 14.2 Å². The standard InChI is InChI=1S/2C18H27NO3/c2*1-14(2)8-6-4-5-7-9-18(21)19-13-15-10-11-16(20)17(12-15)22-3/h2*6,8,10-12,14,20H,4-5,7,9,13H2,1-3H3,(H,19,21)/b2*8-6+. The number of phenols is 2. The van der Waals surface area contributed by atoms with Crippen LogP contribution in [0.4, 0.5) is 0 Å². The monoisotopic (exact) mass is 610 g/mol. The molecule has 0 bridgehead atoms. The quantitative estimate of drug-likeness (QED) is 0.102. The molecule has 0 atom stereocenters. The largest absolute Gasteiger partial charge is 0.504 e. The number of carbonyl (C=O) groups is 2. The van der Waals surface area contributed by atoms with Crippen molar-refractivity contribution < 1.29 is 29.3 Å². The van der Waals surface area contributed by atoms with Crippen LogP contribution in [0.3, 0.4) is 0 Å². The number of phenolic OH excluding ortho intramolecular Hbond substituents is 2. The van der Waals surface area contributed by atoms with Gasteiger partial charge >= 0.3 is 0 Å². The third kappa shape index (κ3) is 17.9. The Kier molecular flexibility index (Phi) is 19.5. The van der Waals surface area contributed by atoms with E-state index in [-0.39, 0.29) is 23.3 Å². The highest BCUT2D eigenvalue weighted by Gasteiger charge is 2.06. The third-order valence-electron chi connectivity index (χ3n) is 6.56. The van der Waals surface area contributed by atoms with E-state index in [2.05, 4.69) is 62.6 Å². The number of amides is 2. The van der Waals surface area contributed by atoms with Crippen LogP contribution in [0.5, 0.6) is 23.0 Å². The summed E-state index contributed by atoms with van der Waals surface area (Å²) in [5, 5.41) is 24.8. The van der Waals surface area contributed by atoms with Crippen molar-refractivity contribution in [2.75, 3.05) is 14.2 Å². The van der Waals surface area contributed by atoms with Crippen molar-refractivity contribution in [2.24, 2.45) is 11.8 Å². The number of hydrogen-bond donors (Lipinski definition) is 4. The molecule has 44 heavy (non-hydrogen) atoms. The van der Waals surface area contributed by atoms with Crippen LogP contribution in [-0.2, 0) is 22.7 Å². The van der Waals surface area contributed by atoms with Gasteiger partial charge in [0.05, 0.1) is 14.2 Å². The molecule has 2 aromatic rings. The number of aromatic hydroxyl groups is 2. The van der Waals surface area contributed by atoms with Crippen molar-refractivity contribution in [3.8, 4) is 23.0 Å². The van der Waals surface area contributed by atoms with E-state index in [4.69, 9.17) is 9.47 Å². The molecular weight excluding hydrogens is 556 g/mol. The van der Waals surface area contributed by atoms with E-state index in [0.29, 0.717) is 49.3 Å². The Balaban J connectivity index is 0.000000440. The van der Waals surface area contributed by atoms with E-state index in [1.54, 1.807) is 36.4 Å². The summed E-state index contributed by atoms with van der Waals surface area (Å²) in [6.45, 7) is 9.51. The maximum absolute atomic E-state index is 11.8. The van der Waals surface area contributed by atoms with Gasteiger partial charge in [0.25, 0.3) is 0 Å². The third-order valence-corrected chi connectivity index (χ3v) is 6.56. The summed E-state index contributed by atoms with van der Waals surface area (Å²) in [6.07, 6.45) is 15.8. The number of carbonyl (C=O) groups excluding carboxylic acids is 2. The molecule has 4 N–H and O–H groups in total. The Morgan fingerprint density at radius 1 is 0.682 bits per heavy atom. The van der Waals surface area contributed by atoms with Crippen molar-refractivity contribution in [2.45, 2.75) is 92.2 Å². The first-order chi connectivity index (χ1) is 21.0. The second-order valence-electron chi connectivity index (χ2n) is 11.4. The Hall–Kier alpha value is -3.94. The molecule has 244 valence electrons. The lowest BCUT2D eigenvalue weighted by Crippen LogP contribution is -2.22. The number of methoxy groups -OCH3 is 2. The zero-order valence-electron chi connectivity index (χ0n) is 27.5. The van der Waals surface area contributed by atoms with Crippen LogP contribution in [0.2, 0.25) is 0 Å². The van der Waals surface area contributed by atoms with Gasteiger partial charge in [-0.15, -0.1) is 0 Å². The van der Waals surface area contributed by atoms with E-state index in [1.807, 2.05) is 0 Å². The lowest BCUT2D eigenvalue weighted by molar-refractivity contribution is -0.122. The maximum Gasteiger partial charge on any atom is 0.220 e. The molecular formula is C36H54N2O6. The van der Waals surface area contributed by atoms with Crippen LogP contribution >= 0.6 is 0 Å². The van der Waals surface area contributed by atoms with E-state index in [0.717, 1.165) is 49.7 Å². The number of rotatable bonds is 18. The average Bonchev–Trinajstić information content (AvgIpc) is 2.99. The average molecular weight is 611 g/mol. The molecule has 0 aliphatic carbocycles. The zero-order chi connectivity index (χ0) is 32.7. The van der Waals surface area contributed by atoms with Gasteiger partial charge in [0.15, 0.2) is 23.0 Å². The molecule has 0 aromatic heterocycles. The Morgan fingerprint density at radius 3 is 1.41 bits per heavy atom.